The summed E-state index contributed by atoms with van der Waals surface area (Å²) in [5.41, 5.74) is 1.66. The molecule has 0 saturated heterocycles. The predicted molar refractivity (Wildman–Crippen MR) is 101 cm³/mol. The smallest absolute Gasteiger partial charge is 0.273 e. The van der Waals surface area contributed by atoms with Crippen molar-refractivity contribution in [3.63, 3.8) is 0 Å². The number of halogens is 2. The Morgan fingerprint density at radius 1 is 1.04 bits per heavy atom. The molecule has 3 aromatic rings. The van der Waals surface area contributed by atoms with Gasteiger partial charge < -0.3 is 4.57 Å². The maximum absolute atomic E-state index is 14.7. The van der Waals surface area contributed by atoms with Crippen molar-refractivity contribution in [1.82, 2.24) is 9.47 Å². The average molecular weight is 383 g/mol. The van der Waals surface area contributed by atoms with Gasteiger partial charge in [0.05, 0.1) is 11.0 Å². The van der Waals surface area contributed by atoms with Gasteiger partial charge in [0, 0.05) is 48.7 Å². The molecule has 7 heteroatoms. The largest absolute Gasteiger partial charge is 0.350 e. The molecule has 0 aliphatic carbocycles. The van der Waals surface area contributed by atoms with E-state index in [9.17, 15) is 18.9 Å². The Labute approximate surface area is 161 Å². The number of nitro benzene ring substituents is 1. The van der Waals surface area contributed by atoms with E-state index in [-0.39, 0.29) is 17.8 Å². The van der Waals surface area contributed by atoms with Crippen LogP contribution in [0.4, 0.5) is 14.5 Å². The fourth-order valence-corrected chi connectivity index (χ4v) is 3.94. The number of nitro groups is 1. The Morgan fingerprint density at radius 2 is 1.86 bits per heavy atom. The number of hydrogen-bond donors (Lipinski definition) is 0. The third-order valence-electron chi connectivity index (χ3n) is 5.19. The predicted octanol–water partition coefficient (Wildman–Crippen LogP) is 4.67. The van der Waals surface area contributed by atoms with Gasteiger partial charge in [-0.05, 0) is 24.6 Å². The lowest BCUT2D eigenvalue weighted by atomic mass is 10.00. The number of aromatic nitrogens is 1. The molecule has 0 spiro atoms. The topological polar surface area (TPSA) is 51.3 Å². The zero-order chi connectivity index (χ0) is 19.7. The summed E-state index contributed by atoms with van der Waals surface area (Å²) in [6, 6.07) is 14.0. The highest BCUT2D eigenvalue weighted by molar-refractivity contribution is 5.40. The Morgan fingerprint density at radius 3 is 2.68 bits per heavy atom. The molecule has 1 aliphatic heterocycles. The van der Waals surface area contributed by atoms with Crippen LogP contribution in [-0.4, -0.2) is 20.9 Å². The van der Waals surface area contributed by atoms with Crippen molar-refractivity contribution in [3.05, 3.63) is 99.4 Å². The van der Waals surface area contributed by atoms with E-state index in [1.807, 2.05) is 27.8 Å². The summed E-state index contributed by atoms with van der Waals surface area (Å²) in [7, 11) is 0. The van der Waals surface area contributed by atoms with E-state index in [4.69, 9.17) is 0 Å². The van der Waals surface area contributed by atoms with E-state index < -0.39 is 22.6 Å². The van der Waals surface area contributed by atoms with Gasteiger partial charge in [0.2, 0.25) is 0 Å². The molecule has 0 fully saturated rings. The maximum atomic E-state index is 14.7. The van der Waals surface area contributed by atoms with Crippen LogP contribution in [0.1, 0.15) is 29.3 Å². The Bertz CT molecular complexity index is 1020. The maximum Gasteiger partial charge on any atom is 0.273 e. The first-order chi connectivity index (χ1) is 13.6. The monoisotopic (exact) mass is 383 g/mol. The van der Waals surface area contributed by atoms with E-state index in [1.165, 1.54) is 12.1 Å². The summed E-state index contributed by atoms with van der Waals surface area (Å²) in [5, 5.41) is 11.4. The van der Waals surface area contributed by atoms with Gasteiger partial charge in [0.25, 0.3) is 5.69 Å². The van der Waals surface area contributed by atoms with Crippen molar-refractivity contribution in [2.45, 2.75) is 25.6 Å². The first kappa shape index (κ1) is 18.3. The molecule has 5 nitrogen and oxygen atoms in total. The molecule has 144 valence electrons. The summed E-state index contributed by atoms with van der Waals surface area (Å²) in [4.78, 5) is 13.0. The number of fused-ring (bicyclic) bond motifs is 1. The molecule has 1 atom stereocenters. The molecule has 0 unspecified atom stereocenters. The Kier molecular flexibility index (Phi) is 4.92. The molecule has 28 heavy (non-hydrogen) atoms. The molecule has 2 aromatic carbocycles. The molecule has 0 amide bonds. The standard InChI is InChI=1S/C21H19F2N3O2/c22-17-8-3-7-16(20(17)23)21-19-10-4-11-24(19)12-5-13-25(21)14-15-6-1-2-9-18(15)26(27)28/h1-4,6-11,21H,5,12-14H2/t21-/m1/s1. The number of nitrogens with zero attached hydrogens (tertiary/aromatic N) is 3. The molecule has 1 aliphatic rings. The Balaban J connectivity index is 1.81. The van der Waals surface area contributed by atoms with Crippen LogP contribution < -0.4 is 0 Å². The zero-order valence-corrected chi connectivity index (χ0v) is 15.1. The molecule has 0 N–H and O–H groups in total. The summed E-state index contributed by atoms with van der Waals surface area (Å²) >= 11 is 0. The van der Waals surface area contributed by atoms with E-state index in [1.54, 1.807) is 24.3 Å². The highest BCUT2D eigenvalue weighted by Gasteiger charge is 2.31. The van der Waals surface area contributed by atoms with Crippen LogP contribution in [-0.2, 0) is 13.1 Å². The minimum absolute atomic E-state index is 0.0283. The van der Waals surface area contributed by atoms with Crippen molar-refractivity contribution < 1.29 is 13.7 Å². The number of benzene rings is 2. The van der Waals surface area contributed by atoms with Crippen molar-refractivity contribution in [1.29, 1.82) is 0 Å². The van der Waals surface area contributed by atoms with Gasteiger partial charge in [-0.3, -0.25) is 15.0 Å². The Hall–Kier alpha value is -3.06. The van der Waals surface area contributed by atoms with E-state index in [0.29, 0.717) is 12.1 Å². The molecule has 4 rings (SSSR count). The lowest BCUT2D eigenvalue weighted by Crippen LogP contribution is -2.30. The lowest BCUT2D eigenvalue weighted by molar-refractivity contribution is -0.385. The van der Waals surface area contributed by atoms with Crippen molar-refractivity contribution in [3.8, 4) is 0 Å². The second-order valence-corrected chi connectivity index (χ2v) is 6.88. The first-order valence-electron chi connectivity index (χ1n) is 9.11. The molecule has 0 radical (unpaired) electrons. The number of rotatable bonds is 4. The van der Waals surface area contributed by atoms with Gasteiger partial charge in [0.15, 0.2) is 11.6 Å². The van der Waals surface area contributed by atoms with E-state index in [0.717, 1.165) is 24.7 Å². The van der Waals surface area contributed by atoms with E-state index >= 15 is 0 Å². The van der Waals surface area contributed by atoms with Gasteiger partial charge in [-0.25, -0.2) is 8.78 Å². The van der Waals surface area contributed by atoms with Crippen LogP contribution in [0.25, 0.3) is 0 Å². The van der Waals surface area contributed by atoms with Crippen LogP contribution in [0.5, 0.6) is 0 Å². The molecular weight excluding hydrogens is 364 g/mol. The van der Waals surface area contributed by atoms with Crippen LogP contribution in [0, 0.1) is 21.7 Å². The minimum atomic E-state index is -0.898. The fourth-order valence-electron chi connectivity index (χ4n) is 3.94. The van der Waals surface area contributed by atoms with Gasteiger partial charge in [-0.1, -0.05) is 30.3 Å². The molecule has 2 heterocycles. The second kappa shape index (κ2) is 7.52. The number of para-hydroxylation sites is 1. The van der Waals surface area contributed by atoms with Gasteiger partial charge >= 0.3 is 0 Å². The normalized spacial score (nSPS) is 17.1. The molecule has 1 aromatic heterocycles. The number of hydrogen-bond acceptors (Lipinski definition) is 3. The van der Waals surface area contributed by atoms with Crippen molar-refractivity contribution in [2.75, 3.05) is 6.54 Å². The molecular formula is C21H19F2N3O2. The van der Waals surface area contributed by atoms with Gasteiger partial charge in [-0.2, -0.15) is 0 Å². The lowest BCUT2D eigenvalue weighted by Gasteiger charge is -2.30. The van der Waals surface area contributed by atoms with Crippen LogP contribution in [0.2, 0.25) is 0 Å². The van der Waals surface area contributed by atoms with Crippen LogP contribution >= 0.6 is 0 Å². The first-order valence-corrected chi connectivity index (χ1v) is 9.11. The fraction of sp³-hybridized carbons (Fsp3) is 0.238. The van der Waals surface area contributed by atoms with Crippen LogP contribution in [0.15, 0.2) is 60.8 Å². The summed E-state index contributed by atoms with van der Waals surface area (Å²) in [6.45, 7) is 1.63. The second-order valence-electron chi connectivity index (χ2n) is 6.88. The third kappa shape index (κ3) is 3.29. The molecule has 0 saturated carbocycles. The van der Waals surface area contributed by atoms with Crippen molar-refractivity contribution in [2.24, 2.45) is 0 Å². The summed E-state index contributed by atoms with van der Waals surface area (Å²) in [6.07, 6.45) is 2.73. The molecule has 0 bridgehead atoms. The third-order valence-corrected chi connectivity index (χ3v) is 5.19. The average Bonchev–Trinajstić information content (AvgIpc) is 3.07. The highest BCUT2D eigenvalue weighted by Crippen LogP contribution is 2.35. The quantitative estimate of drug-likeness (QED) is 0.486. The SMILES string of the molecule is O=[N+]([O-])c1ccccc1CN1CCCn2cccc2[C@H]1c1cccc(F)c1F. The minimum Gasteiger partial charge on any atom is -0.350 e. The van der Waals surface area contributed by atoms with Crippen LogP contribution in [0.3, 0.4) is 0 Å². The van der Waals surface area contributed by atoms with Gasteiger partial charge in [0.1, 0.15) is 0 Å². The van der Waals surface area contributed by atoms with E-state index in [2.05, 4.69) is 0 Å². The summed E-state index contributed by atoms with van der Waals surface area (Å²) < 4.78 is 30.7. The number of aryl methyl sites for hydroxylation is 1. The van der Waals surface area contributed by atoms with Gasteiger partial charge in [-0.15, -0.1) is 0 Å². The zero-order valence-electron chi connectivity index (χ0n) is 15.1. The summed E-state index contributed by atoms with van der Waals surface area (Å²) in [5.74, 6) is -1.78. The van der Waals surface area contributed by atoms with Crippen molar-refractivity contribution >= 4 is 5.69 Å². The highest BCUT2D eigenvalue weighted by atomic mass is 19.2.